The second kappa shape index (κ2) is 71.3. The lowest BCUT2D eigenvalue weighted by Crippen LogP contribution is -2.30. The number of allylic oxidation sites excluding steroid dienone is 12. The molecule has 0 aliphatic rings. The van der Waals surface area contributed by atoms with Gasteiger partial charge in [-0.1, -0.05) is 363 Å². The molecule has 83 heavy (non-hydrogen) atoms. The summed E-state index contributed by atoms with van der Waals surface area (Å²) in [5.41, 5.74) is 0. The van der Waals surface area contributed by atoms with Crippen molar-refractivity contribution in [2.75, 3.05) is 13.2 Å². The standard InChI is InChI=1S/C77H138O6/c1-4-7-10-13-16-18-20-22-24-26-28-30-32-34-35-36-37-38-39-40-41-42-44-45-47-49-51-53-55-57-59-61-64-67-70-76(79)82-73-74(72-81-75(78)69-66-63-15-12-9-6-3)83-77(80)71-68-65-62-60-58-56-54-52-50-48-46-43-33-31-29-27-25-23-21-19-17-14-11-8-5-2/h8,11,17,19,23,25,29,31,43,46,50,52,74H,4-7,9-10,12-16,18,20-22,24,26-28,30,32-42,44-45,47-49,51,53-73H2,1-3H3/b11-8-,19-17-,25-23-,31-29-,46-43-,52-50-. The van der Waals surface area contributed by atoms with E-state index < -0.39 is 6.10 Å². The highest BCUT2D eigenvalue weighted by molar-refractivity contribution is 5.71. The number of unbranched alkanes of at least 4 members (excludes halogenated alkanes) is 44. The van der Waals surface area contributed by atoms with E-state index in [1.165, 1.54) is 231 Å². The molecule has 0 radical (unpaired) electrons. The number of hydrogen-bond acceptors (Lipinski definition) is 6. The Labute approximate surface area is 516 Å². The Morgan fingerprint density at radius 2 is 0.470 bits per heavy atom. The van der Waals surface area contributed by atoms with E-state index in [4.69, 9.17) is 14.2 Å². The van der Waals surface area contributed by atoms with Crippen LogP contribution in [0.1, 0.15) is 380 Å². The molecular formula is C77H138O6. The fraction of sp³-hybridized carbons (Fsp3) is 0.805. The molecular weight excluding hydrogens is 1020 g/mol. The molecule has 0 aliphatic heterocycles. The van der Waals surface area contributed by atoms with E-state index in [0.29, 0.717) is 19.3 Å². The van der Waals surface area contributed by atoms with Gasteiger partial charge >= 0.3 is 17.9 Å². The monoisotopic (exact) mass is 1160 g/mol. The molecule has 0 heterocycles. The Kier molecular flexibility index (Phi) is 68.6. The third kappa shape index (κ3) is 69.5. The molecule has 0 aromatic heterocycles. The Hall–Kier alpha value is -3.15. The second-order valence-corrected chi connectivity index (χ2v) is 24.5. The van der Waals surface area contributed by atoms with Crippen molar-refractivity contribution < 1.29 is 28.6 Å². The number of esters is 3. The third-order valence-corrected chi connectivity index (χ3v) is 16.2. The fourth-order valence-electron chi connectivity index (χ4n) is 10.8. The van der Waals surface area contributed by atoms with Gasteiger partial charge in [-0.2, -0.15) is 0 Å². The third-order valence-electron chi connectivity index (χ3n) is 16.2. The first-order valence-electron chi connectivity index (χ1n) is 36.4. The lowest BCUT2D eigenvalue weighted by molar-refractivity contribution is -0.167. The van der Waals surface area contributed by atoms with E-state index in [0.717, 1.165) is 109 Å². The van der Waals surface area contributed by atoms with Gasteiger partial charge < -0.3 is 14.2 Å². The first kappa shape index (κ1) is 79.8. The van der Waals surface area contributed by atoms with Gasteiger partial charge in [0.1, 0.15) is 13.2 Å². The van der Waals surface area contributed by atoms with E-state index in [9.17, 15) is 14.4 Å². The Morgan fingerprint density at radius 1 is 0.253 bits per heavy atom. The van der Waals surface area contributed by atoms with Crippen LogP contribution in [-0.4, -0.2) is 37.2 Å². The number of rotatable bonds is 67. The number of carbonyl (C=O) groups is 3. The summed E-state index contributed by atoms with van der Waals surface area (Å²) in [6.45, 7) is 6.51. The lowest BCUT2D eigenvalue weighted by atomic mass is 10.0. The van der Waals surface area contributed by atoms with Crippen LogP contribution in [0.15, 0.2) is 72.9 Å². The molecule has 1 unspecified atom stereocenters. The highest BCUT2D eigenvalue weighted by Crippen LogP contribution is 2.19. The van der Waals surface area contributed by atoms with Crippen molar-refractivity contribution in [1.82, 2.24) is 0 Å². The summed E-state index contributed by atoms with van der Waals surface area (Å²) in [5, 5.41) is 0. The minimum Gasteiger partial charge on any atom is -0.462 e. The van der Waals surface area contributed by atoms with E-state index in [1.807, 2.05) is 0 Å². The van der Waals surface area contributed by atoms with E-state index in [-0.39, 0.29) is 31.1 Å². The van der Waals surface area contributed by atoms with Gasteiger partial charge in [0.2, 0.25) is 0 Å². The zero-order valence-corrected chi connectivity index (χ0v) is 55.5. The van der Waals surface area contributed by atoms with Gasteiger partial charge in [-0.05, 0) is 70.6 Å². The van der Waals surface area contributed by atoms with Crippen molar-refractivity contribution >= 4 is 17.9 Å². The predicted molar refractivity (Wildman–Crippen MR) is 362 cm³/mol. The zero-order chi connectivity index (χ0) is 59.9. The summed E-state index contributed by atoms with van der Waals surface area (Å²) in [6.07, 6.45) is 94.3. The summed E-state index contributed by atoms with van der Waals surface area (Å²) < 4.78 is 16.8. The second-order valence-electron chi connectivity index (χ2n) is 24.5. The van der Waals surface area contributed by atoms with Gasteiger partial charge in [-0.3, -0.25) is 14.4 Å². The SMILES string of the molecule is CC/C=C\C/C=C\C/C=C\C/C=C\C/C=C\C/C=C\CCCCCCCCC(=O)OC(COC(=O)CCCCCCCC)COC(=O)CCCCCCCCCCCCCCCCCCCCCCCCCCCCCCCCCCCC. The van der Waals surface area contributed by atoms with Crippen molar-refractivity contribution in [2.24, 2.45) is 0 Å². The van der Waals surface area contributed by atoms with Crippen LogP contribution in [0, 0.1) is 0 Å². The van der Waals surface area contributed by atoms with Crippen LogP contribution in [0.4, 0.5) is 0 Å². The highest BCUT2D eigenvalue weighted by Gasteiger charge is 2.19. The van der Waals surface area contributed by atoms with Crippen LogP contribution in [0.2, 0.25) is 0 Å². The van der Waals surface area contributed by atoms with Crippen LogP contribution in [0.25, 0.3) is 0 Å². The maximum atomic E-state index is 12.9. The number of ether oxygens (including phenoxy) is 3. The minimum atomic E-state index is -0.781. The van der Waals surface area contributed by atoms with Gasteiger partial charge in [0.25, 0.3) is 0 Å². The first-order chi connectivity index (χ1) is 41.0. The lowest BCUT2D eigenvalue weighted by Gasteiger charge is -2.18. The van der Waals surface area contributed by atoms with Crippen molar-refractivity contribution in [3.63, 3.8) is 0 Å². The molecule has 0 aliphatic carbocycles. The van der Waals surface area contributed by atoms with Crippen molar-refractivity contribution in [3.8, 4) is 0 Å². The molecule has 0 fully saturated rings. The summed E-state index contributed by atoms with van der Waals surface area (Å²) in [6, 6.07) is 0. The Bertz CT molecular complexity index is 1520. The quantitative estimate of drug-likeness (QED) is 0.0261. The van der Waals surface area contributed by atoms with Gasteiger partial charge in [0.15, 0.2) is 6.10 Å². The molecule has 0 bridgehead atoms. The summed E-state index contributed by atoms with van der Waals surface area (Å²) >= 11 is 0. The molecule has 6 heteroatoms. The number of hydrogen-bond donors (Lipinski definition) is 0. The minimum absolute atomic E-state index is 0.0781. The molecule has 0 aromatic rings. The zero-order valence-electron chi connectivity index (χ0n) is 55.5. The van der Waals surface area contributed by atoms with E-state index >= 15 is 0 Å². The van der Waals surface area contributed by atoms with E-state index in [1.54, 1.807) is 0 Å². The van der Waals surface area contributed by atoms with Crippen molar-refractivity contribution in [2.45, 2.75) is 386 Å². The van der Waals surface area contributed by atoms with Gasteiger partial charge in [-0.15, -0.1) is 0 Å². The average molecular weight is 1160 g/mol. The van der Waals surface area contributed by atoms with Crippen molar-refractivity contribution in [1.29, 1.82) is 0 Å². The predicted octanol–water partition coefficient (Wildman–Crippen LogP) is 25.2. The van der Waals surface area contributed by atoms with Crippen molar-refractivity contribution in [3.05, 3.63) is 72.9 Å². The van der Waals surface area contributed by atoms with Crippen LogP contribution in [0.3, 0.4) is 0 Å². The summed E-state index contributed by atoms with van der Waals surface area (Å²) in [7, 11) is 0. The molecule has 6 nitrogen and oxygen atoms in total. The summed E-state index contributed by atoms with van der Waals surface area (Å²) in [5.74, 6) is -0.885. The van der Waals surface area contributed by atoms with E-state index in [2.05, 4.69) is 93.7 Å². The number of carbonyl (C=O) groups excluding carboxylic acids is 3. The van der Waals surface area contributed by atoms with Crippen LogP contribution in [-0.2, 0) is 28.6 Å². The topological polar surface area (TPSA) is 78.9 Å². The Balaban J connectivity index is 3.97. The van der Waals surface area contributed by atoms with Crippen LogP contribution >= 0.6 is 0 Å². The molecule has 0 aromatic carbocycles. The first-order valence-corrected chi connectivity index (χ1v) is 36.4. The van der Waals surface area contributed by atoms with Gasteiger partial charge in [0.05, 0.1) is 0 Å². The molecule has 1 atom stereocenters. The molecule has 0 rings (SSSR count). The Morgan fingerprint density at radius 3 is 0.735 bits per heavy atom. The molecule has 0 N–H and O–H groups in total. The van der Waals surface area contributed by atoms with Gasteiger partial charge in [-0.25, -0.2) is 0 Å². The van der Waals surface area contributed by atoms with Crippen LogP contribution in [0.5, 0.6) is 0 Å². The maximum absolute atomic E-state index is 12.9. The van der Waals surface area contributed by atoms with Gasteiger partial charge in [0, 0.05) is 19.3 Å². The summed E-state index contributed by atoms with van der Waals surface area (Å²) in [4.78, 5) is 38.1. The molecule has 0 saturated carbocycles. The molecule has 0 amide bonds. The normalized spacial score (nSPS) is 12.5. The highest BCUT2D eigenvalue weighted by atomic mass is 16.6. The van der Waals surface area contributed by atoms with Crippen LogP contribution < -0.4 is 0 Å². The molecule has 482 valence electrons. The molecule has 0 spiro atoms. The smallest absolute Gasteiger partial charge is 0.306 e. The fourth-order valence-corrected chi connectivity index (χ4v) is 10.8. The largest absolute Gasteiger partial charge is 0.462 e. The average Bonchev–Trinajstić information content (AvgIpc) is 3.48. The maximum Gasteiger partial charge on any atom is 0.306 e. The molecule has 0 saturated heterocycles.